The summed E-state index contributed by atoms with van der Waals surface area (Å²) in [6.07, 6.45) is 5.07. The van der Waals surface area contributed by atoms with Crippen LogP contribution in [-0.2, 0) is 4.74 Å². The predicted octanol–water partition coefficient (Wildman–Crippen LogP) is 2.89. The van der Waals surface area contributed by atoms with Gasteiger partial charge in [-0.3, -0.25) is 0 Å². The van der Waals surface area contributed by atoms with Gasteiger partial charge < -0.3 is 15.2 Å². The van der Waals surface area contributed by atoms with Crippen molar-refractivity contribution in [1.29, 1.82) is 0 Å². The molecule has 1 unspecified atom stereocenters. The Morgan fingerprint density at radius 1 is 1.39 bits per heavy atom. The zero-order chi connectivity index (χ0) is 12.6. The Labute approximate surface area is 106 Å². The Kier molecular flexibility index (Phi) is 2.90. The van der Waals surface area contributed by atoms with Gasteiger partial charge in [0, 0.05) is 12.8 Å². The van der Waals surface area contributed by atoms with Gasteiger partial charge in [-0.1, -0.05) is 6.07 Å². The fraction of sp³-hybridized carbons (Fsp3) is 0.571. The maximum absolute atomic E-state index is 13.7. The van der Waals surface area contributed by atoms with Crippen molar-refractivity contribution in [3.63, 3.8) is 0 Å². The molecule has 1 aromatic carbocycles. The van der Waals surface area contributed by atoms with Crippen molar-refractivity contribution in [2.75, 3.05) is 12.3 Å². The molecule has 0 radical (unpaired) electrons. The summed E-state index contributed by atoms with van der Waals surface area (Å²) in [6.45, 7) is 0.693. The quantitative estimate of drug-likeness (QED) is 0.822. The molecule has 1 saturated heterocycles. The average molecular weight is 251 g/mol. The number of halogens is 1. The summed E-state index contributed by atoms with van der Waals surface area (Å²) >= 11 is 0. The number of nitrogen functional groups attached to an aromatic ring is 1. The average Bonchev–Trinajstić information content (AvgIpc) is 2.33. The van der Waals surface area contributed by atoms with Gasteiger partial charge in [-0.15, -0.1) is 0 Å². The van der Waals surface area contributed by atoms with Crippen molar-refractivity contribution in [1.82, 2.24) is 0 Å². The minimum Gasteiger partial charge on any atom is -0.485 e. The number of anilines is 1. The molecule has 1 aliphatic heterocycles. The first-order valence-electron chi connectivity index (χ1n) is 6.53. The molecule has 4 heteroatoms. The molecule has 2 aliphatic rings. The highest BCUT2D eigenvalue weighted by Gasteiger charge is 2.43. The van der Waals surface area contributed by atoms with Gasteiger partial charge in [0.1, 0.15) is 6.10 Å². The Balaban J connectivity index is 1.72. The first-order chi connectivity index (χ1) is 8.69. The molecule has 1 spiro atoms. The topological polar surface area (TPSA) is 44.5 Å². The third-order valence-electron chi connectivity index (χ3n) is 3.99. The molecule has 98 valence electrons. The highest BCUT2D eigenvalue weighted by Crippen LogP contribution is 2.43. The van der Waals surface area contributed by atoms with E-state index in [1.807, 2.05) is 0 Å². The fourth-order valence-corrected chi connectivity index (χ4v) is 2.82. The number of nitrogens with two attached hydrogens (primary N) is 1. The molecule has 3 nitrogen and oxygen atoms in total. The van der Waals surface area contributed by atoms with Crippen LogP contribution in [0.3, 0.4) is 0 Å². The van der Waals surface area contributed by atoms with Crippen LogP contribution in [0.2, 0.25) is 0 Å². The Morgan fingerprint density at radius 2 is 2.22 bits per heavy atom. The van der Waals surface area contributed by atoms with E-state index in [9.17, 15) is 4.39 Å². The normalized spacial score (nSPS) is 25.7. The van der Waals surface area contributed by atoms with E-state index in [0.717, 1.165) is 25.7 Å². The minimum atomic E-state index is -0.385. The number of para-hydroxylation sites is 1. The molecule has 1 aromatic rings. The van der Waals surface area contributed by atoms with E-state index in [-0.39, 0.29) is 23.3 Å². The second-order valence-corrected chi connectivity index (χ2v) is 5.28. The molecule has 1 heterocycles. The monoisotopic (exact) mass is 251 g/mol. The highest BCUT2D eigenvalue weighted by atomic mass is 19.1. The SMILES string of the molecule is Nc1cccc(F)c1OC1CCOC2(CCC2)C1. The summed E-state index contributed by atoms with van der Waals surface area (Å²) in [5.41, 5.74) is 6.12. The summed E-state index contributed by atoms with van der Waals surface area (Å²) in [4.78, 5) is 0. The Hall–Kier alpha value is -1.29. The Morgan fingerprint density at radius 3 is 2.89 bits per heavy atom. The molecule has 2 fully saturated rings. The molecule has 0 amide bonds. The summed E-state index contributed by atoms with van der Waals surface area (Å²) < 4.78 is 25.3. The lowest BCUT2D eigenvalue weighted by Gasteiger charge is -2.46. The highest BCUT2D eigenvalue weighted by molar-refractivity contribution is 5.52. The minimum absolute atomic E-state index is 0.00291. The van der Waals surface area contributed by atoms with Gasteiger partial charge in [-0.2, -0.15) is 0 Å². The molecular weight excluding hydrogens is 233 g/mol. The van der Waals surface area contributed by atoms with Crippen molar-refractivity contribution in [2.45, 2.75) is 43.8 Å². The van der Waals surface area contributed by atoms with Crippen molar-refractivity contribution < 1.29 is 13.9 Å². The predicted molar refractivity (Wildman–Crippen MR) is 67.0 cm³/mol. The van der Waals surface area contributed by atoms with Gasteiger partial charge in [-0.25, -0.2) is 4.39 Å². The van der Waals surface area contributed by atoms with Crippen LogP contribution in [0.5, 0.6) is 5.75 Å². The van der Waals surface area contributed by atoms with E-state index in [4.69, 9.17) is 15.2 Å². The summed E-state index contributed by atoms with van der Waals surface area (Å²) in [7, 11) is 0. The molecule has 1 aliphatic carbocycles. The van der Waals surface area contributed by atoms with E-state index in [1.165, 1.54) is 12.5 Å². The lowest BCUT2D eigenvalue weighted by molar-refractivity contribution is -0.153. The van der Waals surface area contributed by atoms with Crippen LogP contribution in [0.25, 0.3) is 0 Å². The smallest absolute Gasteiger partial charge is 0.178 e. The van der Waals surface area contributed by atoms with Crippen molar-refractivity contribution >= 4 is 5.69 Å². The molecule has 3 rings (SSSR count). The van der Waals surface area contributed by atoms with Gasteiger partial charge >= 0.3 is 0 Å². The van der Waals surface area contributed by atoms with Crippen LogP contribution >= 0.6 is 0 Å². The first kappa shape index (κ1) is 11.8. The number of benzene rings is 1. The lowest BCUT2D eigenvalue weighted by Crippen LogP contribution is -2.48. The third-order valence-corrected chi connectivity index (χ3v) is 3.99. The Bertz CT molecular complexity index is 425. The van der Waals surface area contributed by atoms with Crippen LogP contribution in [0.1, 0.15) is 32.1 Å². The van der Waals surface area contributed by atoms with Gasteiger partial charge in [0.15, 0.2) is 11.6 Å². The zero-order valence-corrected chi connectivity index (χ0v) is 10.3. The summed E-state index contributed by atoms with van der Waals surface area (Å²) in [5, 5.41) is 0. The summed E-state index contributed by atoms with van der Waals surface area (Å²) in [5.74, 6) is -0.192. The number of rotatable bonds is 2. The largest absolute Gasteiger partial charge is 0.485 e. The van der Waals surface area contributed by atoms with E-state index in [1.54, 1.807) is 12.1 Å². The molecule has 18 heavy (non-hydrogen) atoms. The van der Waals surface area contributed by atoms with E-state index in [2.05, 4.69) is 0 Å². The zero-order valence-electron chi connectivity index (χ0n) is 10.3. The van der Waals surface area contributed by atoms with Crippen LogP contribution in [0, 0.1) is 5.82 Å². The standard InChI is InChI=1S/C14H18FNO2/c15-11-3-1-4-12(16)13(11)18-10-5-8-17-14(9-10)6-2-7-14/h1,3-4,10H,2,5-9,16H2. The number of ether oxygens (including phenoxy) is 2. The fourth-order valence-electron chi connectivity index (χ4n) is 2.82. The molecule has 2 N–H and O–H groups in total. The lowest BCUT2D eigenvalue weighted by atomic mass is 9.74. The van der Waals surface area contributed by atoms with E-state index in [0.29, 0.717) is 12.3 Å². The molecular formula is C14H18FNO2. The first-order valence-corrected chi connectivity index (χ1v) is 6.53. The van der Waals surface area contributed by atoms with Gasteiger partial charge in [0.2, 0.25) is 0 Å². The van der Waals surface area contributed by atoms with Crippen molar-refractivity contribution in [2.24, 2.45) is 0 Å². The third kappa shape index (κ3) is 2.05. The van der Waals surface area contributed by atoms with Crippen LogP contribution in [-0.4, -0.2) is 18.3 Å². The van der Waals surface area contributed by atoms with Crippen LogP contribution < -0.4 is 10.5 Å². The van der Waals surface area contributed by atoms with Gasteiger partial charge in [-0.05, 0) is 31.4 Å². The van der Waals surface area contributed by atoms with Crippen molar-refractivity contribution in [3.05, 3.63) is 24.0 Å². The molecule has 1 atom stereocenters. The molecule has 0 bridgehead atoms. The van der Waals surface area contributed by atoms with Gasteiger partial charge in [0.05, 0.1) is 17.9 Å². The second kappa shape index (κ2) is 4.43. The van der Waals surface area contributed by atoms with Gasteiger partial charge in [0.25, 0.3) is 0 Å². The van der Waals surface area contributed by atoms with Crippen LogP contribution in [0.15, 0.2) is 18.2 Å². The number of hydrogen-bond donors (Lipinski definition) is 1. The van der Waals surface area contributed by atoms with Crippen LogP contribution in [0.4, 0.5) is 10.1 Å². The number of hydrogen-bond acceptors (Lipinski definition) is 3. The van der Waals surface area contributed by atoms with Crippen molar-refractivity contribution in [3.8, 4) is 5.75 Å². The maximum Gasteiger partial charge on any atom is 0.178 e. The molecule has 0 aromatic heterocycles. The maximum atomic E-state index is 13.7. The second-order valence-electron chi connectivity index (χ2n) is 5.28. The molecule has 1 saturated carbocycles. The van der Waals surface area contributed by atoms with E-state index < -0.39 is 0 Å². The summed E-state index contributed by atoms with van der Waals surface area (Å²) in [6, 6.07) is 4.63. The van der Waals surface area contributed by atoms with E-state index >= 15 is 0 Å².